The molecule has 7 heteroatoms. The Balaban J connectivity index is 1.67. The van der Waals surface area contributed by atoms with Gasteiger partial charge >= 0.3 is 5.91 Å². The molecule has 28 heavy (non-hydrogen) atoms. The number of furan rings is 1. The van der Waals surface area contributed by atoms with Gasteiger partial charge in [0.15, 0.2) is 5.76 Å². The van der Waals surface area contributed by atoms with Crippen LogP contribution in [0.25, 0.3) is 10.2 Å². The number of hydrogen-bond acceptors (Lipinski definition) is 6. The third-order valence-electron chi connectivity index (χ3n) is 3.90. The van der Waals surface area contributed by atoms with Crippen molar-refractivity contribution >= 4 is 38.8 Å². The van der Waals surface area contributed by atoms with Crippen LogP contribution in [0.1, 0.15) is 23.0 Å². The molecule has 0 unspecified atom stereocenters. The first-order valence-corrected chi connectivity index (χ1v) is 9.56. The normalized spacial score (nSPS) is 11.2. The number of hydrazone groups is 1. The van der Waals surface area contributed by atoms with Gasteiger partial charge in [0.05, 0.1) is 29.3 Å². The highest BCUT2D eigenvalue weighted by molar-refractivity contribution is 7.22. The zero-order chi connectivity index (χ0) is 19.3. The molecule has 0 aliphatic rings. The number of carbonyl (C=O) groups excluding carboxylic acids is 1. The topological polar surface area (TPSA) is 67.9 Å². The highest BCUT2D eigenvalue weighted by Crippen LogP contribution is 2.30. The Hall–Kier alpha value is -3.45. The van der Waals surface area contributed by atoms with Gasteiger partial charge in [0, 0.05) is 0 Å². The summed E-state index contributed by atoms with van der Waals surface area (Å²) in [5, 5.41) is 6.14. The summed E-state index contributed by atoms with van der Waals surface area (Å²) in [6.07, 6.45) is 3.07. The van der Waals surface area contributed by atoms with Crippen molar-refractivity contribution in [3.8, 4) is 5.75 Å². The first kappa shape index (κ1) is 17.9. The second-order valence-electron chi connectivity index (χ2n) is 5.81. The fourth-order valence-electron chi connectivity index (χ4n) is 2.59. The molecule has 0 radical (unpaired) electrons. The number of carbonyl (C=O) groups is 1. The van der Waals surface area contributed by atoms with Crippen molar-refractivity contribution in [2.24, 2.45) is 5.10 Å². The summed E-state index contributed by atoms with van der Waals surface area (Å²) in [6.45, 7) is 2.54. The fraction of sp³-hybridized carbons (Fsp3) is 0.0952. The van der Waals surface area contributed by atoms with Crippen molar-refractivity contribution in [1.29, 1.82) is 0 Å². The third kappa shape index (κ3) is 3.79. The lowest BCUT2D eigenvalue weighted by Gasteiger charge is -2.12. The number of ether oxygens (including phenoxy) is 1. The molecule has 0 saturated carbocycles. The van der Waals surface area contributed by atoms with E-state index in [1.165, 1.54) is 22.6 Å². The molecule has 2 aromatic carbocycles. The number of hydrogen-bond donors (Lipinski definition) is 0. The highest BCUT2D eigenvalue weighted by Gasteiger charge is 2.22. The van der Waals surface area contributed by atoms with E-state index in [0.717, 1.165) is 21.5 Å². The first-order valence-electron chi connectivity index (χ1n) is 8.75. The van der Waals surface area contributed by atoms with E-state index in [0.29, 0.717) is 11.7 Å². The van der Waals surface area contributed by atoms with Crippen LogP contribution in [0.2, 0.25) is 0 Å². The van der Waals surface area contributed by atoms with Crippen LogP contribution >= 0.6 is 11.3 Å². The largest absolute Gasteiger partial charge is 0.494 e. The number of aromatic nitrogens is 1. The van der Waals surface area contributed by atoms with Crippen LogP contribution in [-0.4, -0.2) is 23.7 Å². The number of nitrogens with zero attached hydrogens (tertiary/aromatic N) is 3. The van der Waals surface area contributed by atoms with Crippen molar-refractivity contribution in [3.63, 3.8) is 0 Å². The van der Waals surface area contributed by atoms with E-state index < -0.39 is 0 Å². The zero-order valence-corrected chi connectivity index (χ0v) is 15.9. The van der Waals surface area contributed by atoms with E-state index in [1.54, 1.807) is 18.3 Å². The van der Waals surface area contributed by atoms with Crippen LogP contribution in [0.3, 0.4) is 0 Å². The van der Waals surface area contributed by atoms with Crippen LogP contribution in [0, 0.1) is 0 Å². The molecule has 2 heterocycles. The van der Waals surface area contributed by atoms with E-state index in [4.69, 9.17) is 9.15 Å². The lowest BCUT2D eigenvalue weighted by molar-refractivity contribution is 0.0961. The van der Waals surface area contributed by atoms with Crippen LogP contribution in [-0.2, 0) is 0 Å². The Kier molecular flexibility index (Phi) is 5.16. The Bertz CT molecular complexity index is 1070. The van der Waals surface area contributed by atoms with Gasteiger partial charge in [0.1, 0.15) is 5.75 Å². The average Bonchev–Trinajstić information content (AvgIpc) is 3.39. The monoisotopic (exact) mass is 391 g/mol. The van der Waals surface area contributed by atoms with Gasteiger partial charge in [-0.15, -0.1) is 0 Å². The minimum Gasteiger partial charge on any atom is -0.494 e. The standard InChI is InChI=1S/C21H17N3O3S/c1-2-26-16-11-9-15(10-12-16)14-22-24(20(25)18-7-5-13-27-18)21-23-17-6-3-4-8-19(17)28-21/h3-14H,2H2,1H3/b22-14+. The Morgan fingerprint density at radius 2 is 2.00 bits per heavy atom. The summed E-state index contributed by atoms with van der Waals surface area (Å²) in [5.41, 5.74) is 1.65. The molecule has 6 nitrogen and oxygen atoms in total. The molecule has 0 spiro atoms. The number of amides is 1. The third-order valence-corrected chi connectivity index (χ3v) is 4.91. The van der Waals surface area contributed by atoms with Crippen LogP contribution in [0.15, 0.2) is 76.4 Å². The Morgan fingerprint density at radius 3 is 2.71 bits per heavy atom. The second kappa shape index (κ2) is 8.06. The van der Waals surface area contributed by atoms with Gasteiger partial charge in [-0.1, -0.05) is 23.5 Å². The highest BCUT2D eigenvalue weighted by atomic mass is 32.1. The minimum atomic E-state index is -0.383. The quantitative estimate of drug-likeness (QED) is 0.344. The number of anilines is 1. The van der Waals surface area contributed by atoms with Crippen molar-refractivity contribution in [3.05, 3.63) is 78.3 Å². The summed E-state index contributed by atoms with van der Waals surface area (Å²) in [5.74, 6) is 0.601. The van der Waals surface area contributed by atoms with Gasteiger partial charge in [-0.2, -0.15) is 10.1 Å². The molecule has 0 atom stereocenters. The van der Waals surface area contributed by atoms with E-state index in [9.17, 15) is 4.79 Å². The van der Waals surface area contributed by atoms with Crippen molar-refractivity contribution in [2.45, 2.75) is 6.92 Å². The van der Waals surface area contributed by atoms with Gasteiger partial charge < -0.3 is 9.15 Å². The lowest BCUT2D eigenvalue weighted by Crippen LogP contribution is -2.25. The number of para-hydroxylation sites is 1. The van der Waals surface area contributed by atoms with Crippen LogP contribution in [0.4, 0.5) is 5.13 Å². The molecule has 0 aliphatic heterocycles. The molecule has 0 aliphatic carbocycles. The van der Waals surface area contributed by atoms with Crippen LogP contribution < -0.4 is 9.75 Å². The van der Waals surface area contributed by atoms with E-state index in [-0.39, 0.29) is 11.7 Å². The smallest absolute Gasteiger partial charge is 0.316 e. The van der Waals surface area contributed by atoms with Crippen LogP contribution in [0.5, 0.6) is 5.75 Å². The molecular formula is C21H17N3O3S. The van der Waals surface area contributed by atoms with Crippen molar-refractivity contribution < 1.29 is 13.9 Å². The molecule has 0 N–H and O–H groups in total. The average molecular weight is 391 g/mol. The van der Waals surface area contributed by atoms with Gasteiger partial charge in [-0.05, 0) is 61.0 Å². The number of thiazole rings is 1. The summed E-state index contributed by atoms with van der Waals surface area (Å²) in [6, 6.07) is 18.5. The van der Waals surface area contributed by atoms with E-state index in [2.05, 4.69) is 10.1 Å². The van der Waals surface area contributed by atoms with Gasteiger partial charge in [0.2, 0.25) is 5.13 Å². The van der Waals surface area contributed by atoms with Gasteiger partial charge in [-0.25, -0.2) is 4.98 Å². The molecule has 0 bridgehead atoms. The molecule has 1 amide bonds. The Morgan fingerprint density at radius 1 is 1.18 bits per heavy atom. The predicted molar refractivity (Wildman–Crippen MR) is 110 cm³/mol. The second-order valence-corrected chi connectivity index (χ2v) is 6.81. The van der Waals surface area contributed by atoms with Gasteiger partial charge in [0.25, 0.3) is 0 Å². The molecule has 0 fully saturated rings. The molecule has 0 saturated heterocycles. The van der Waals surface area contributed by atoms with Gasteiger partial charge in [-0.3, -0.25) is 4.79 Å². The summed E-state index contributed by atoms with van der Waals surface area (Å²) >= 11 is 1.39. The first-order chi connectivity index (χ1) is 13.7. The summed E-state index contributed by atoms with van der Waals surface area (Å²) in [7, 11) is 0. The fourth-order valence-corrected chi connectivity index (χ4v) is 3.51. The maximum atomic E-state index is 12.9. The maximum absolute atomic E-state index is 12.9. The lowest BCUT2D eigenvalue weighted by atomic mass is 10.2. The summed E-state index contributed by atoms with van der Waals surface area (Å²) in [4.78, 5) is 17.5. The SMILES string of the molecule is CCOc1ccc(/C=N/N(C(=O)c2ccco2)c2nc3ccccc3s2)cc1. The Labute approximate surface area is 165 Å². The molecule has 2 aromatic heterocycles. The molecule has 4 rings (SSSR count). The number of benzene rings is 2. The van der Waals surface area contributed by atoms with E-state index >= 15 is 0 Å². The molecule has 4 aromatic rings. The molecule has 140 valence electrons. The number of fused-ring (bicyclic) bond motifs is 1. The number of rotatable bonds is 6. The minimum absolute atomic E-state index is 0.197. The van der Waals surface area contributed by atoms with Crippen molar-refractivity contribution in [1.82, 2.24) is 4.98 Å². The zero-order valence-electron chi connectivity index (χ0n) is 15.1. The van der Waals surface area contributed by atoms with E-state index in [1.807, 2.05) is 55.5 Å². The summed E-state index contributed by atoms with van der Waals surface area (Å²) < 4.78 is 11.7. The molecular weight excluding hydrogens is 374 g/mol. The van der Waals surface area contributed by atoms with Crippen molar-refractivity contribution in [2.75, 3.05) is 11.6 Å². The maximum Gasteiger partial charge on any atom is 0.316 e. The predicted octanol–water partition coefficient (Wildman–Crippen LogP) is 4.97.